The van der Waals surface area contributed by atoms with Gasteiger partial charge in [0.05, 0.1) is 21.9 Å². The van der Waals surface area contributed by atoms with Gasteiger partial charge < -0.3 is 10.4 Å². The largest absolute Gasteiger partial charge is 0.480 e. The highest BCUT2D eigenvalue weighted by Gasteiger charge is 2.35. The van der Waals surface area contributed by atoms with Gasteiger partial charge in [-0.05, 0) is 30.7 Å². The van der Waals surface area contributed by atoms with E-state index in [-0.39, 0.29) is 12.2 Å². The Hall–Kier alpha value is -2.68. The first-order valence-electron chi connectivity index (χ1n) is 7.83. The second-order valence-electron chi connectivity index (χ2n) is 5.56. The molecule has 0 fully saturated rings. The molecule has 0 aliphatic rings. The molecule has 1 amide bonds. The minimum Gasteiger partial charge on any atom is -0.480 e. The van der Waals surface area contributed by atoms with Crippen LogP contribution in [0.1, 0.15) is 22.3 Å². The molecule has 0 radical (unpaired) electrons. The van der Waals surface area contributed by atoms with Crippen molar-refractivity contribution in [3.8, 4) is 0 Å². The van der Waals surface area contributed by atoms with Gasteiger partial charge in [-0.25, -0.2) is 4.79 Å². The molecule has 0 aliphatic heterocycles. The van der Waals surface area contributed by atoms with Crippen molar-refractivity contribution in [3.05, 3.63) is 65.7 Å². The Labute approximate surface area is 155 Å². The summed E-state index contributed by atoms with van der Waals surface area (Å²) < 4.78 is 51.2. The van der Waals surface area contributed by atoms with Crippen molar-refractivity contribution in [3.63, 3.8) is 0 Å². The van der Waals surface area contributed by atoms with E-state index in [0.29, 0.717) is 4.90 Å². The maximum absolute atomic E-state index is 13.0. The first kappa shape index (κ1) is 20.6. The summed E-state index contributed by atoms with van der Waals surface area (Å²) in [6.07, 6.45) is -4.95. The molecule has 2 atom stereocenters. The van der Waals surface area contributed by atoms with E-state index in [1.54, 1.807) is 30.3 Å². The quantitative estimate of drug-likeness (QED) is 0.750. The van der Waals surface area contributed by atoms with Crippen LogP contribution in [0.15, 0.2) is 59.5 Å². The second-order valence-corrected chi connectivity index (χ2v) is 7.13. The average molecular weight is 399 g/mol. The number of benzene rings is 2. The zero-order valence-corrected chi connectivity index (χ0v) is 14.7. The summed E-state index contributed by atoms with van der Waals surface area (Å²) >= 11 is 0. The van der Waals surface area contributed by atoms with Gasteiger partial charge in [0, 0.05) is 10.6 Å². The number of alkyl halides is 3. The molecule has 5 nitrogen and oxygen atoms in total. The van der Waals surface area contributed by atoms with Crippen LogP contribution in [0.2, 0.25) is 0 Å². The summed E-state index contributed by atoms with van der Waals surface area (Å²) in [6, 6.07) is 11.0. The van der Waals surface area contributed by atoms with Gasteiger partial charge in [0.25, 0.3) is 5.91 Å². The maximum atomic E-state index is 13.0. The summed E-state index contributed by atoms with van der Waals surface area (Å²) in [5, 5.41) is 11.3. The predicted octanol–water partition coefficient (Wildman–Crippen LogP) is 3.09. The summed E-state index contributed by atoms with van der Waals surface area (Å²) in [4.78, 5) is 24.0. The Balaban J connectivity index is 2.10. The fraction of sp³-hybridized carbons (Fsp3) is 0.222. The molecule has 0 saturated carbocycles. The number of hydrogen-bond acceptors (Lipinski definition) is 3. The highest BCUT2D eigenvalue weighted by Crippen LogP contribution is 2.31. The van der Waals surface area contributed by atoms with Crippen molar-refractivity contribution in [2.24, 2.45) is 0 Å². The van der Waals surface area contributed by atoms with Crippen molar-refractivity contribution in [2.45, 2.75) is 23.5 Å². The van der Waals surface area contributed by atoms with E-state index in [2.05, 4.69) is 5.32 Å². The number of carboxylic acid groups (broad SMARTS) is 1. The van der Waals surface area contributed by atoms with Crippen molar-refractivity contribution >= 4 is 22.7 Å². The summed E-state index contributed by atoms with van der Waals surface area (Å²) in [6.45, 7) is 0. The molecular formula is C18H16F3NO4S. The third kappa shape index (κ3) is 5.65. The lowest BCUT2D eigenvalue weighted by Crippen LogP contribution is -2.42. The van der Waals surface area contributed by atoms with E-state index < -0.39 is 46.0 Å². The van der Waals surface area contributed by atoms with Gasteiger partial charge in [0.15, 0.2) is 0 Å². The normalized spacial score (nSPS) is 13.6. The SMILES string of the molecule is O=C(N[C@@H](CC[S@](=O)c1ccccc1)C(=O)O)c1ccccc1C(F)(F)F. The van der Waals surface area contributed by atoms with Gasteiger partial charge in [0.2, 0.25) is 0 Å². The number of halogens is 3. The molecule has 144 valence electrons. The fourth-order valence-electron chi connectivity index (χ4n) is 2.34. The number of nitrogens with one attached hydrogen (secondary N) is 1. The predicted molar refractivity (Wildman–Crippen MR) is 92.7 cm³/mol. The number of carbonyl (C=O) groups excluding carboxylic acids is 1. The zero-order chi connectivity index (χ0) is 20.0. The average Bonchev–Trinajstić information content (AvgIpc) is 2.64. The number of carboxylic acids is 1. The maximum Gasteiger partial charge on any atom is 0.417 e. The van der Waals surface area contributed by atoms with E-state index in [0.717, 1.165) is 18.2 Å². The van der Waals surface area contributed by atoms with Gasteiger partial charge in [-0.15, -0.1) is 0 Å². The molecule has 2 N–H and O–H groups in total. The third-order valence-electron chi connectivity index (χ3n) is 3.68. The van der Waals surface area contributed by atoms with Gasteiger partial charge >= 0.3 is 12.1 Å². The number of hydrogen-bond donors (Lipinski definition) is 2. The lowest BCUT2D eigenvalue weighted by molar-refractivity contribution is -0.139. The van der Waals surface area contributed by atoms with Crippen LogP contribution in [-0.2, 0) is 21.8 Å². The topological polar surface area (TPSA) is 83.5 Å². The molecule has 0 spiro atoms. The first-order valence-corrected chi connectivity index (χ1v) is 9.15. The van der Waals surface area contributed by atoms with E-state index >= 15 is 0 Å². The molecule has 0 bridgehead atoms. The lowest BCUT2D eigenvalue weighted by atomic mass is 10.1. The Morgan fingerprint density at radius 1 is 1.04 bits per heavy atom. The van der Waals surface area contributed by atoms with Crippen molar-refractivity contribution in [1.29, 1.82) is 0 Å². The highest BCUT2D eigenvalue weighted by molar-refractivity contribution is 7.85. The minimum atomic E-state index is -4.75. The molecule has 9 heteroatoms. The highest BCUT2D eigenvalue weighted by atomic mass is 32.2. The molecule has 2 aromatic rings. The first-order chi connectivity index (χ1) is 12.7. The molecule has 0 unspecified atom stereocenters. The lowest BCUT2D eigenvalue weighted by Gasteiger charge is -2.17. The van der Waals surface area contributed by atoms with E-state index in [1.165, 1.54) is 6.07 Å². The Bertz CT molecular complexity index is 840. The second kappa shape index (κ2) is 8.81. The summed E-state index contributed by atoms with van der Waals surface area (Å²) in [5.41, 5.74) is -1.82. The van der Waals surface area contributed by atoms with Crippen LogP contribution in [0.5, 0.6) is 0 Å². The molecule has 2 aromatic carbocycles. The van der Waals surface area contributed by atoms with E-state index in [1.807, 2.05) is 0 Å². The van der Waals surface area contributed by atoms with Crippen LogP contribution in [-0.4, -0.2) is 33.0 Å². The van der Waals surface area contributed by atoms with Crippen LogP contribution in [0.4, 0.5) is 13.2 Å². The number of aliphatic carboxylic acids is 1. The van der Waals surface area contributed by atoms with Crippen molar-refractivity contribution < 1.29 is 32.1 Å². The molecule has 27 heavy (non-hydrogen) atoms. The van der Waals surface area contributed by atoms with Crippen LogP contribution >= 0.6 is 0 Å². The van der Waals surface area contributed by atoms with Crippen LogP contribution in [0.3, 0.4) is 0 Å². The van der Waals surface area contributed by atoms with Crippen LogP contribution in [0, 0.1) is 0 Å². The Kier molecular flexibility index (Phi) is 6.73. The van der Waals surface area contributed by atoms with Crippen LogP contribution in [0.25, 0.3) is 0 Å². The Morgan fingerprint density at radius 2 is 1.63 bits per heavy atom. The van der Waals surface area contributed by atoms with Crippen molar-refractivity contribution in [2.75, 3.05) is 5.75 Å². The smallest absolute Gasteiger partial charge is 0.417 e. The number of amides is 1. The molecule has 0 aromatic heterocycles. The summed E-state index contributed by atoms with van der Waals surface area (Å²) in [5.74, 6) is -2.64. The van der Waals surface area contributed by atoms with E-state index in [4.69, 9.17) is 0 Å². The summed E-state index contributed by atoms with van der Waals surface area (Å²) in [7, 11) is -1.49. The van der Waals surface area contributed by atoms with Crippen molar-refractivity contribution in [1.82, 2.24) is 5.32 Å². The minimum absolute atomic E-state index is 0.0673. The van der Waals surface area contributed by atoms with Gasteiger partial charge in [-0.2, -0.15) is 13.2 Å². The number of carbonyl (C=O) groups is 2. The van der Waals surface area contributed by atoms with Gasteiger partial charge in [0.1, 0.15) is 6.04 Å². The third-order valence-corrected chi connectivity index (χ3v) is 5.08. The standard InChI is InChI=1S/C18H16F3NO4S/c19-18(20,21)14-9-5-4-8-13(14)16(23)22-15(17(24)25)10-11-27(26)12-6-2-1-3-7-12/h1-9,15H,10-11H2,(H,22,23)(H,24,25)/t15-,27-/m0/s1. The van der Waals surface area contributed by atoms with Gasteiger partial charge in [-0.3, -0.25) is 9.00 Å². The molecule has 0 saturated heterocycles. The molecule has 2 rings (SSSR count). The number of rotatable bonds is 7. The van der Waals surface area contributed by atoms with Gasteiger partial charge in [-0.1, -0.05) is 30.3 Å². The molecule has 0 aliphatic carbocycles. The monoisotopic (exact) mass is 399 g/mol. The molecule has 0 heterocycles. The van der Waals surface area contributed by atoms with E-state index in [9.17, 15) is 32.1 Å². The fourth-order valence-corrected chi connectivity index (χ4v) is 3.48. The molecular weight excluding hydrogens is 383 g/mol. The van der Waals surface area contributed by atoms with Crippen LogP contribution < -0.4 is 5.32 Å². The Morgan fingerprint density at radius 3 is 2.22 bits per heavy atom. The zero-order valence-electron chi connectivity index (χ0n) is 13.9.